The van der Waals surface area contributed by atoms with Crippen LogP contribution in [0.15, 0.2) is 12.7 Å². The molecule has 0 aliphatic carbocycles. The summed E-state index contributed by atoms with van der Waals surface area (Å²) in [5.74, 6) is -0.347. The maximum atomic E-state index is 10.3. The van der Waals surface area contributed by atoms with Crippen LogP contribution >= 0.6 is 0 Å². The molecule has 0 unspecified atom stereocenters. The van der Waals surface area contributed by atoms with Crippen LogP contribution in [0.2, 0.25) is 0 Å². The van der Waals surface area contributed by atoms with Gasteiger partial charge in [0.2, 0.25) is 5.91 Å². The molecule has 0 rings (SSSR count). The van der Waals surface area contributed by atoms with E-state index in [1.54, 1.807) is 0 Å². The molecule has 0 aliphatic rings. The highest BCUT2D eigenvalue weighted by Gasteiger charge is 1.99. The third-order valence-electron chi connectivity index (χ3n) is 0.680. The summed E-state index contributed by atoms with van der Waals surface area (Å²) in [4.78, 5) is 10.3. The van der Waals surface area contributed by atoms with Gasteiger partial charge in [0.1, 0.15) is 0 Å². The monoisotopic (exact) mass is 115 g/mol. The summed E-state index contributed by atoms with van der Waals surface area (Å²) in [7, 11) is 1.28. The van der Waals surface area contributed by atoms with Gasteiger partial charge >= 0.3 is 0 Å². The molecular weight excluding hydrogens is 106 g/mol. The molecule has 46 valence electrons. The fourth-order valence-corrected chi connectivity index (χ4v) is 0.256. The van der Waals surface area contributed by atoms with Gasteiger partial charge in [0.15, 0.2) is 0 Å². The van der Waals surface area contributed by atoms with E-state index >= 15 is 0 Å². The van der Waals surface area contributed by atoms with Crippen LogP contribution in [-0.2, 0) is 4.79 Å². The molecule has 0 spiro atoms. The lowest BCUT2D eigenvalue weighted by molar-refractivity contribution is -0.158. The Balaban J connectivity index is 3.48. The van der Waals surface area contributed by atoms with Crippen molar-refractivity contribution in [1.82, 2.24) is 5.06 Å². The second-order valence-electron chi connectivity index (χ2n) is 1.41. The van der Waals surface area contributed by atoms with Crippen LogP contribution < -0.4 is 0 Å². The van der Waals surface area contributed by atoms with Gasteiger partial charge < -0.3 is 0 Å². The molecule has 0 bridgehead atoms. The lowest BCUT2D eigenvalue weighted by atomic mass is 10.4. The molecule has 0 aromatic heterocycles. The minimum atomic E-state index is -0.347. The summed E-state index contributed by atoms with van der Waals surface area (Å²) in [5.41, 5.74) is 0. The van der Waals surface area contributed by atoms with Gasteiger partial charge in [-0.15, -0.1) is 6.58 Å². The maximum Gasteiger partial charge on any atom is 0.249 e. The lowest BCUT2D eigenvalue weighted by Crippen LogP contribution is -2.21. The van der Waals surface area contributed by atoms with Crippen LogP contribution in [0.4, 0.5) is 0 Å². The van der Waals surface area contributed by atoms with Gasteiger partial charge in [0, 0.05) is 13.5 Å². The zero-order valence-electron chi connectivity index (χ0n) is 4.79. The third kappa shape index (κ3) is 2.36. The van der Waals surface area contributed by atoms with Crippen LogP contribution in [0.25, 0.3) is 0 Å². The van der Waals surface area contributed by atoms with Gasteiger partial charge in [-0.2, -0.15) is 0 Å². The van der Waals surface area contributed by atoms with Gasteiger partial charge in [-0.3, -0.25) is 10.0 Å². The zero-order valence-corrected chi connectivity index (χ0v) is 4.79. The fraction of sp³-hybridized carbons (Fsp3) is 0.400. The smallest absolute Gasteiger partial charge is 0.249 e. The Bertz CT molecular complexity index is 98.6. The van der Waals surface area contributed by atoms with Gasteiger partial charge in [-0.05, 0) is 0 Å². The minimum Gasteiger partial charge on any atom is -0.286 e. The third-order valence-corrected chi connectivity index (χ3v) is 0.680. The first-order valence-electron chi connectivity index (χ1n) is 2.24. The van der Waals surface area contributed by atoms with E-state index in [9.17, 15) is 4.79 Å². The Labute approximate surface area is 48.2 Å². The van der Waals surface area contributed by atoms with Crippen molar-refractivity contribution in [3.8, 4) is 0 Å². The van der Waals surface area contributed by atoms with Gasteiger partial charge in [-0.25, -0.2) is 5.06 Å². The number of carbonyl (C=O) groups is 1. The molecule has 1 amide bonds. The van der Waals surface area contributed by atoms with Crippen LogP contribution in [0.5, 0.6) is 0 Å². The molecule has 0 aliphatic heterocycles. The largest absolute Gasteiger partial charge is 0.286 e. The van der Waals surface area contributed by atoms with Crippen molar-refractivity contribution in [2.75, 3.05) is 7.05 Å². The minimum absolute atomic E-state index is 0.188. The number of hydroxylamine groups is 2. The molecule has 1 N–H and O–H groups in total. The Morgan fingerprint density at radius 3 is 2.62 bits per heavy atom. The Hall–Kier alpha value is -0.830. The zero-order chi connectivity index (χ0) is 6.57. The number of amides is 1. The molecule has 8 heavy (non-hydrogen) atoms. The number of rotatable bonds is 2. The lowest BCUT2D eigenvalue weighted by Gasteiger charge is -2.03. The second-order valence-corrected chi connectivity index (χ2v) is 1.41. The number of nitrogens with zero attached hydrogens (tertiary/aromatic N) is 1. The van der Waals surface area contributed by atoms with Crippen molar-refractivity contribution in [2.45, 2.75) is 6.42 Å². The summed E-state index contributed by atoms with van der Waals surface area (Å²) < 4.78 is 0. The van der Waals surface area contributed by atoms with E-state index in [-0.39, 0.29) is 12.3 Å². The molecule has 0 aromatic rings. The van der Waals surface area contributed by atoms with E-state index in [2.05, 4.69) is 6.58 Å². The first-order valence-corrected chi connectivity index (χ1v) is 2.24. The second kappa shape index (κ2) is 3.21. The van der Waals surface area contributed by atoms with Gasteiger partial charge in [0.05, 0.1) is 0 Å². The van der Waals surface area contributed by atoms with Crippen molar-refractivity contribution in [3.63, 3.8) is 0 Å². The standard InChI is InChI=1S/C5H9NO2/c1-3-4-5(7)6(2)8/h3,8H,1,4H2,2H3. The van der Waals surface area contributed by atoms with Crippen LogP contribution in [-0.4, -0.2) is 23.2 Å². The first kappa shape index (κ1) is 7.17. The number of hydrogen-bond donors (Lipinski definition) is 1. The molecule has 0 saturated carbocycles. The number of carbonyl (C=O) groups excluding carboxylic acids is 1. The van der Waals surface area contributed by atoms with E-state index in [1.165, 1.54) is 13.1 Å². The topological polar surface area (TPSA) is 40.5 Å². The average Bonchev–Trinajstić information content (AvgIpc) is 1.67. The van der Waals surface area contributed by atoms with Crippen molar-refractivity contribution in [3.05, 3.63) is 12.7 Å². The summed E-state index contributed by atoms with van der Waals surface area (Å²) >= 11 is 0. The molecule has 0 heterocycles. The Kier molecular flexibility index (Phi) is 2.88. The van der Waals surface area contributed by atoms with E-state index in [0.29, 0.717) is 5.06 Å². The maximum absolute atomic E-state index is 10.3. The van der Waals surface area contributed by atoms with E-state index in [1.807, 2.05) is 0 Å². The molecule has 3 nitrogen and oxygen atoms in total. The highest BCUT2D eigenvalue weighted by atomic mass is 16.5. The van der Waals surface area contributed by atoms with Crippen LogP contribution in [0.3, 0.4) is 0 Å². The predicted octanol–water partition coefficient (Wildman–Crippen LogP) is 0.410. The highest BCUT2D eigenvalue weighted by molar-refractivity contribution is 5.75. The Morgan fingerprint density at radius 1 is 2.00 bits per heavy atom. The van der Waals surface area contributed by atoms with Crippen molar-refractivity contribution in [1.29, 1.82) is 0 Å². The first-order chi connectivity index (χ1) is 3.68. The molecule has 0 atom stereocenters. The van der Waals surface area contributed by atoms with E-state index < -0.39 is 0 Å². The summed E-state index contributed by atoms with van der Waals surface area (Å²) in [6.07, 6.45) is 1.63. The normalized spacial score (nSPS) is 8.25. The molecule has 0 fully saturated rings. The van der Waals surface area contributed by atoms with Crippen LogP contribution in [0, 0.1) is 0 Å². The summed E-state index contributed by atoms with van der Waals surface area (Å²) in [6.45, 7) is 3.32. The molecule has 0 saturated heterocycles. The molecule has 0 aromatic carbocycles. The van der Waals surface area contributed by atoms with Crippen molar-refractivity contribution in [2.24, 2.45) is 0 Å². The van der Waals surface area contributed by atoms with Crippen LogP contribution in [0.1, 0.15) is 6.42 Å². The fourth-order valence-electron chi connectivity index (χ4n) is 0.256. The van der Waals surface area contributed by atoms with E-state index in [0.717, 1.165) is 0 Å². The molecule has 3 heteroatoms. The van der Waals surface area contributed by atoms with E-state index in [4.69, 9.17) is 5.21 Å². The quantitative estimate of drug-likeness (QED) is 0.321. The molecular formula is C5H9NO2. The number of hydrogen-bond acceptors (Lipinski definition) is 2. The van der Waals surface area contributed by atoms with Gasteiger partial charge in [-0.1, -0.05) is 6.08 Å². The molecule has 0 radical (unpaired) electrons. The van der Waals surface area contributed by atoms with Crippen molar-refractivity contribution >= 4 is 5.91 Å². The average molecular weight is 115 g/mol. The van der Waals surface area contributed by atoms with Crippen molar-refractivity contribution < 1.29 is 10.0 Å². The highest BCUT2D eigenvalue weighted by Crippen LogP contribution is 1.84. The SMILES string of the molecule is C=CCC(=O)N(C)O. The summed E-state index contributed by atoms with van der Waals surface area (Å²) in [6, 6.07) is 0. The predicted molar refractivity (Wildman–Crippen MR) is 29.4 cm³/mol. The Morgan fingerprint density at radius 2 is 2.50 bits per heavy atom. The summed E-state index contributed by atoms with van der Waals surface area (Å²) in [5, 5.41) is 8.93. The van der Waals surface area contributed by atoms with Gasteiger partial charge in [0.25, 0.3) is 0 Å².